The highest BCUT2D eigenvalue weighted by molar-refractivity contribution is 6.32. The van der Waals surface area contributed by atoms with Crippen LogP contribution in [0.25, 0.3) is 0 Å². The van der Waals surface area contributed by atoms with Crippen molar-refractivity contribution < 1.29 is 9.53 Å². The fraction of sp³-hybridized carbons (Fsp3) is 0.500. The third-order valence-corrected chi connectivity index (χ3v) is 5.67. The predicted octanol–water partition coefficient (Wildman–Crippen LogP) is 3.97. The minimum Gasteiger partial charge on any atom is -0.495 e. The van der Waals surface area contributed by atoms with Crippen molar-refractivity contribution >= 4 is 17.5 Å². The number of rotatable bonds is 5. The molecular weight excluding hydrogens is 350 g/mol. The lowest BCUT2D eigenvalue weighted by Gasteiger charge is -2.33. The Morgan fingerprint density at radius 1 is 1.35 bits per heavy atom. The van der Waals surface area contributed by atoms with Crippen molar-refractivity contribution in [1.29, 1.82) is 0 Å². The van der Waals surface area contributed by atoms with Gasteiger partial charge in [0, 0.05) is 43.5 Å². The molecule has 1 unspecified atom stereocenters. The van der Waals surface area contributed by atoms with Gasteiger partial charge in [0.15, 0.2) is 0 Å². The van der Waals surface area contributed by atoms with E-state index in [2.05, 4.69) is 15.7 Å². The lowest BCUT2D eigenvalue weighted by atomic mass is 9.96. The summed E-state index contributed by atoms with van der Waals surface area (Å²) >= 11 is 6.19. The Kier molecular flexibility index (Phi) is 4.90. The fourth-order valence-electron chi connectivity index (χ4n) is 3.77. The summed E-state index contributed by atoms with van der Waals surface area (Å²) in [6.45, 7) is 2.56. The van der Waals surface area contributed by atoms with Gasteiger partial charge in [0.2, 0.25) is 0 Å². The van der Waals surface area contributed by atoms with Gasteiger partial charge in [0.1, 0.15) is 11.6 Å². The zero-order chi connectivity index (χ0) is 18.1. The van der Waals surface area contributed by atoms with Gasteiger partial charge in [-0.1, -0.05) is 11.6 Å². The number of likely N-dealkylation sites (tertiary alicyclic amines) is 1. The molecule has 4 rings (SSSR count). The van der Waals surface area contributed by atoms with Crippen LogP contribution in [0.15, 0.2) is 30.6 Å². The van der Waals surface area contributed by atoms with E-state index in [1.54, 1.807) is 25.3 Å². The fourth-order valence-corrected chi connectivity index (χ4v) is 4.03. The Hall–Kier alpha value is -2.01. The summed E-state index contributed by atoms with van der Waals surface area (Å²) in [5.41, 5.74) is 0.609. The summed E-state index contributed by atoms with van der Waals surface area (Å²) in [7, 11) is 1.57. The first-order chi connectivity index (χ1) is 12.7. The number of piperidine rings is 1. The maximum absolute atomic E-state index is 12.9. The summed E-state index contributed by atoms with van der Waals surface area (Å²) in [5.74, 6) is 2.85. The van der Waals surface area contributed by atoms with E-state index in [-0.39, 0.29) is 5.91 Å². The third-order valence-electron chi connectivity index (χ3n) is 5.37. The van der Waals surface area contributed by atoms with E-state index in [1.165, 1.54) is 12.8 Å². The van der Waals surface area contributed by atoms with Crippen LogP contribution >= 0.6 is 11.6 Å². The van der Waals surface area contributed by atoms with Crippen LogP contribution in [-0.2, 0) is 6.54 Å². The molecule has 2 aromatic rings. The molecule has 0 N–H and O–H groups in total. The highest BCUT2D eigenvalue weighted by atomic mass is 35.5. The maximum atomic E-state index is 12.9. The van der Waals surface area contributed by atoms with Crippen LogP contribution in [0.2, 0.25) is 5.02 Å². The number of nitrogens with zero attached hydrogens (tertiary/aromatic N) is 3. The quantitative estimate of drug-likeness (QED) is 0.796. The molecule has 1 atom stereocenters. The standard InChI is InChI=1S/C20H24ClN3O2/c1-26-18-7-6-15(11-17(18)21)20(25)24-9-2-3-16(13-24)19-22-8-10-23(19)12-14-4-5-14/h6-8,10-11,14,16H,2-5,9,12-13H2,1H3. The van der Waals surface area contributed by atoms with E-state index < -0.39 is 0 Å². The van der Waals surface area contributed by atoms with E-state index in [9.17, 15) is 4.79 Å². The van der Waals surface area contributed by atoms with E-state index in [0.29, 0.717) is 28.8 Å². The first-order valence-electron chi connectivity index (χ1n) is 9.29. The molecule has 138 valence electrons. The van der Waals surface area contributed by atoms with Crippen molar-refractivity contribution in [3.8, 4) is 5.75 Å². The Balaban J connectivity index is 1.48. The summed E-state index contributed by atoms with van der Waals surface area (Å²) in [6.07, 6.45) is 8.70. The zero-order valence-electron chi connectivity index (χ0n) is 15.0. The van der Waals surface area contributed by atoms with Crippen molar-refractivity contribution in [3.05, 3.63) is 47.0 Å². The van der Waals surface area contributed by atoms with Crippen LogP contribution in [0.4, 0.5) is 0 Å². The van der Waals surface area contributed by atoms with Gasteiger partial charge in [0.05, 0.1) is 12.1 Å². The molecule has 1 saturated carbocycles. The first kappa shape index (κ1) is 17.4. The number of amides is 1. The molecule has 6 heteroatoms. The number of ether oxygens (including phenoxy) is 1. The average Bonchev–Trinajstić information content (AvgIpc) is 3.36. The van der Waals surface area contributed by atoms with E-state index in [1.807, 2.05) is 11.1 Å². The normalized spacial score (nSPS) is 20.2. The summed E-state index contributed by atoms with van der Waals surface area (Å²) in [4.78, 5) is 19.5. The van der Waals surface area contributed by atoms with Crippen molar-refractivity contribution in [1.82, 2.24) is 14.5 Å². The van der Waals surface area contributed by atoms with Crippen molar-refractivity contribution in [2.45, 2.75) is 38.1 Å². The monoisotopic (exact) mass is 373 g/mol. The zero-order valence-corrected chi connectivity index (χ0v) is 15.8. The SMILES string of the molecule is COc1ccc(C(=O)N2CCCC(c3nccn3CC3CC3)C2)cc1Cl. The van der Waals surface area contributed by atoms with Gasteiger partial charge in [0.25, 0.3) is 5.91 Å². The molecule has 26 heavy (non-hydrogen) atoms. The summed E-state index contributed by atoms with van der Waals surface area (Å²) in [5, 5.41) is 0.465. The predicted molar refractivity (Wildman–Crippen MR) is 101 cm³/mol. The van der Waals surface area contributed by atoms with Crippen molar-refractivity contribution in [3.63, 3.8) is 0 Å². The molecule has 0 spiro atoms. The number of imidazole rings is 1. The number of benzene rings is 1. The molecule has 0 radical (unpaired) electrons. The van der Waals surface area contributed by atoms with Crippen LogP contribution in [0.1, 0.15) is 47.8 Å². The highest BCUT2D eigenvalue weighted by Crippen LogP contribution is 2.33. The second kappa shape index (κ2) is 7.31. The minimum atomic E-state index is 0.0274. The molecule has 2 aliphatic rings. The Bertz CT molecular complexity index is 800. The Labute approximate surface area is 158 Å². The molecule has 2 fully saturated rings. The van der Waals surface area contributed by atoms with Crippen LogP contribution in [0, 0.1) is 5.92 Å². The number of aromatic nitrogens is 2. The molecule has 1 aliphatic heterocycles. The van der Waals surface area contributed by atoms with Gasteiger partial charge in [-0.3, -0.25) is 4.79 Å². The van der Waals surface area contributed by atoms with Crippen LogP contribution in [-0.4, -0.2) is 40.6 Å². The topological polar surface area (TPSA) is 47.4 Å². The smallest absolute Gasteiger partial charge is 0.253 e. The largest absolute Gasteiger partial charge is 0.495 e. The number of hydrogen-bond donors (Lipinski definition) is 0. The number of halogens is 1. The van der Waals surface area contributed by atoms with Crippen LogP contribution < -0.4 is 4.74 Å². The molecule has 0 bridgehead atoms. The first-order valence-corrected chi connectivity index (χ1v) is 9.67. The maximum Gasteiger partial charge on any atom is 0.253 e. The molecule has 1 aromatic heterocycles. The highest BCUT2D eigenvalue weighted by Gasteiger charge is 2.30. The molecule has 1 saturated heterocycles. The van der Waals surface area contributed by atoms with E-state index in [0.717, 1.165) is 37.7 Å². The second-order valence-corrected chi connectivity index (χ2v) is 7.73. The molecular formula is C20H24ClN3O2. The van der Waals surface area contributed by atoms with Gasteiger partial charge in [-0.15, -0.1) is 0 Å². The summed E-state index contributed by atoms with van der Waals surface area (Å²) in [6, 6.07) is 5.23. The van der Waals surface area contributed by atoms with Gasteiger partial charge in [-0.2, -0.15) is 0 Å². The number of methoxy groups -OCH3 is 1. The minimum absolute atomic E-state index is 0.0274. The van der Waals surface area contributed by atoms with E-state index >= 15 is 0 Å². The third kappa shape index (κ3) is 3.58. The van der Waals surface area contributed by atoms with E-state index in [4.69, 9.17) is 16.3 Å². The number of hydrogen-bond acceptors (Lipinski definition) is 3. The Morgan fingerprint density at radius 2 is 2.19 bits per heavy atom. The van der Waals surface area contributed by atoms with Crippen molar-refractivity contribution in [2.75, 3.05) is 20.2 Å². The van der Waals surface area contributed by atoms with Gasteiger partial charge < -0.3 is 14.2 Å². The Morgan fingerprint density at radius 3 is 2.92 bits per heavy atom. The molecule has 5 nitrogen and oxygen atoms in total. The lowest BCUT2D eigenvalue weighted by Crippen LogP contribution is -2.39. The van der Waals surface area contributed by atoms with Gasteiger partial charge in [-0.05, 0) is 49.8 Å². The molecule has 1 amide bonds. The van der Waals surface area contributed by atoms with Gasteiger partial charge in [-0.25, -0.2) is 4.98 Å². The van der Waals surface area contributed by atoms with Gasteiger partial charge >= 0.3 is 0 Å². The molecule has 1 aliphatic carbocycles. The van der Waals surface area contributed by atoms with Crippen molar-refractivity contribution in [2.24, 2.45) is 5.92 Å². The average molecular weight is 374 g/mol. The molecule has 1 aromatic carbocycles. The number of carbonyl (C=O) groups is 1. The van der Waals surface area contributed by atoms with Crippen LogP contribution in [0.5, 0.6) is 5.75 Å². The van der Waals surface area contributed by atoms with Crippen LogP contribution in [0.3, 0.4) is 0 Å². The number of carbonyl (C=O) groups excluding carboxylic acids is 1. The lowest BCUT2D eigenvalue weighted by molar-refractivity contribution is 0.0703. The second-order valence-electron chi connectivity index (χ2n) is 7.32. The molecule has 2 heterocycles. The summed E-state index contributed by atoms with van der Waals surface area (Å²) < 4.78 is 7.47.